The highest BCUT2D eigenvalue weighted by atomic mass is 32.2. The standard InChI is InChI=1S/C39H51N3O9S2/c1-38(2,3)50-33(43)20-27(41-36(46)51-39(4,5)6)34(44)40-15-9-10-24-18-31(26-14-13-25(47-7)19-30(26)48-8)49-29(24)21-32-35(45)42(37(52)53-32)28-17-22-11-12-23(28)16-22/h13-14,18-19,21-23,27-28H,9-12,15-17,20H2,1-8H3,(H,40,44)(H,41,46)/b32-21-/t22-,23-,27-,28-/m0/s1. The van der Waals surface area contributed by atoms with Gasteiger partial charge in [0.1, 0.15) is 44.6 Å². The van der Waals surface area contributed by atoms with Gasteiger partial charge in [0.2, 0.25) is 5.91 Å². The molecule has 1 aliphatic heterocycles. The predicted molar refractivity (Wildman–Crippen MR) is 206 cm³/mol. The van der Waals surface area contributed by atoms with E-state index in [1.165, 1.54) is 18.2 Å². The molecule has 2 aliphatic carbocycles. The molecule has 3 amide bonds. The van der Waals surface area contributed by atoms with E-state index in [9.17, 15) is 19.2 Å². The van der Waals surface area contributed by atoms with Gasteiger partial charge in [0.25, 0.3) is 5.91 Å². The van der Waals surface area contributed by atoms with E-state index in [1.54, 1.807) is 67.9 Å². The Morgan fingerprint density at radius 3 is 2.40 bits per heavy atom. The fourth-order valence-corrected chi connectivity index (χ4v) is 8.47. The first-order valence-corrected chi connectivity index (χ1v) is 19.3. The van der Waals surface area contributed by atoms with Crippen LogP contribution in [0.4, 0.5) is 4.79 Å². The van der Waals surface area contributed by atoms with Crippen LogP contribution in [0.2, 0.25) is 0 Å². The molecule has 3 fully saturated rings. The van der Waals surface area contributed by atoms with Crippen LogP contribution in [0.25, 0.3) is 17.4 Å². The number of aryl methyl sites for hydroxylation is 1. The van der Waals surface area contributed by atoms with Gasteiger partial charge in [-0.2, -0.15) is 0 Å². The van der Waals surface area contributed by atoms with Crippen LogP contribution < -0.4 is 20.1 Å². The Labute approximate surface area is 321 Å². The molecule has 1 aromatic carbocycles. The molecule has 0 radical (unpaired) electrons. The van der Waals surface area contributed by atoms with Crippen LogP contribution in [0.15, 0.2) is 33.6 Å². The van der Waals surface area contributed by atoms with E-state index < -0.39 is 35.2 Å². The number of carbonyl (C=O) groups excluding carboxylic acids is 4. The lowest BCUT2D eigenvalue weighted by Gasteiger charge is -2.30. The van der Waals surface area contributed by atoms with Crippen molar-refractivity contribution in [3.63, 3.8) is 0 Å². The van der Waals surface area contributed by atoms with Gasteiger partial charge in [0, 0.05) is 24.7 Å². The van der Waals surface area contributed by atoms with Crippen molar-refractivity contribution < 1.29 is 42.5 Å². The Bertz CT molecular complexity index is 1730. The lowest BCUT2D eigenvalue weighted by atomic mass is 9.94. The van der Waals surface area contributed by atoms with Crippen LogP contribution in [-0.2, 0) is 30.3 Å². The number of amides is 3. The van der Waals surface area contributed by atoms with E-state index in [1.807, 2.05) is 23.1 Å². The van der Waals surface area contributed by atoms with Gasteiger partial charge in [-0.3, -0.25) is 19.3 Å². The van der Waals surface area contributed by atoms with Crippen LogP contribution in [0.1, 0.15) is 91.4 Å². The van der Waals surface area contributed by atoms with E-state index in [2.05, 4.69) is 10.6 Å². The summed E-state index contributed by atoms with van der Waals surface area (Å²) in [5.74, 6) is 2.11. The Hall–Kier alpha value is -4.04. The maximum Gasteiger partial charge on any atom is 0.408 e. The van der Waals surface area contributed by atoms with Crippen LogP contribution in [0, 0.1) is 11.8 Å². The number of esters is 1. The minimum absolute atomic E-state index is 0.0933. The first-order valence-electron chi connectivity index (χ1n) is 18.1. The number of fused-ring (bicyclic) bond motifs is 2. The summed E-state index contributed by atoms with van der Waals surface area (Å²) < 4.78 is 28.8. The second-order valence-corrected chi connectivity index (χ2v) is 17.4. The summed E-state index contributed by atoms with van der Waals surface area (Å²) in [5, 5.41) is 5.35. The van der Waals surface area contributed by atoms with E-state index in [0.717, 1.165) is 24.8 Å². The van der Waals surface area contributed by atoms with Crippen molar-refractivity contribution in [3.8, 4) is 22.8 Å². The molecule has 4 atom stereocenters. The van der Waals surface area contributed by atoms with Crippen LogP contribution in [0.5, 0.6) is 11.5 Å². The van der Waals surface area contributed by atoms with Crippen molar-refractivity contribution >= 4 is 58.3 Å². The number of hydrogen-bond donors (Lipinski definition) is 2. The molecule has 1 saturated heterocycles. The Balaban J connectivity index is 1.33. The summed E-state index contributed by atoms with van der Waals surface area (Å²) in [6.07, 6.45) is 6.03. The normalized spacial score (nSPS) is 21.2. The minimum atomic E-state index is -1.21. The molecule has 2 saturated carbocycles. The lowest BCUT2D eigenvalue weighted by Crippen LogP contribution is -2.49. The third kappa shape index (κ3) is 10.3. The summed E-state index contributed by atoms with van der Waals surface area (Å²) >= 11 is 7.03. The predicted octanol–water partition coefficient (Wildman–Crippen LogP) is 7.03. The largest absolute Gasteiger partial charge is 0.497 e. The number of ether oxygens (including phenoxy) is 4. The number of thioether (sulfide) groups is 1. The third-order valence-electron chi connectivity index (χ3n) is 9.35. The minimum Gasteiger partial charge on any atom is -0.497 e. The van der Waals surface area contributed by atoms with Crippen molar-refractivity contribution in [2.45, 2.75) is 110 Å². The first-order chi connectivity index (χ1) is 24.9. The number of benzene rings is 1. The van der Waals surface area contributed by atoms with Crippen molar-refractivity contribution in [2.24, 2.45) is 11.8 Å². The molecule has 0 unspecified atom stereocenters. The monoisotopic (exact) mass is 769 g/mol. The van der Waals surface area contributed by atoms with Crippen LogP contribution >= 0.6 is 24.0 Å². The quantitative estimate of drug-likeness (QED) is 0.0938. The van der Waals surface area contributed by atoms with Gasteiger partial charge in [-0.05, 0) is 109 Å². The second kappa shape index (κ2) is 16.5. The molecule has 14 heteroatoms. The highest BCUT2D eigenvalue weighted by Gasteiger charge is 2.48. The summed E-state index contributed by atoms with van der Waals surface area (Å²) in [6, 6.07) is 6.27. The number of methoxy groups -OCH3 is 2. The zero-order chi connectivity index (χ0) is 38.7. The SMILES string of the molecule is COc1ccc(-c2cc(CCCNC(=O)[C@H](CC(=O)OC(C)(C)C)NC(=O)OC(C)(C)C)c(/C=C3\SC(=S)N([C@H]4C[C@H]5CC[C@H]4C5)C3=O)o2)c(OC)c1. The maximum absolute atomic E-state index is 13.8. The summed E-state index contributed by atoms with van der Waals surface area (Å²) in [5.41, 5.74) is -0.0496. The number of nitrogens with one attached hydrogen (secondary N) is 2. The van der Waals surface area contributed by atoms with Crippen LogP contribution in [0.3, 0.4) is 0 Å². The first kappa shape index (κ1) is 40.2. The Morgan fingerprint density at radius 2 is 1.77 bits per heavy atom. The molecular formula is C39H51N3O9S2. The van der Waals surface area contributed by atoms with Gasteiger partial charge in [-0.15, -0.1) is 0 Å². The van der Waals surface area contributed by atoms with Gasteiger partial charge in [0.15, 0.2) is 0 Å². The molecule has 12 nitrogen and oxygen atoms in total. The molecule has 288 valence electrons. The molecule has 3 aliphatic rings. The van der Waals surface area contributed by atoms with E-state index in [-0.39, 0.29) is 24.9 Å². The number of hydrogen-bond acceptors (Lipinski definition) is 11. The van der Waals surface area contributed by atoms with Gasteiger partial charge in [0.05, 0.1) is 31.1 Å². The molecule has 5 rings (SSSR count). The average molecular weight is 770 g/mol. The highest BCUT2D eigenvalue weighted by Crippen LogP contribution is 2.49. The summed E-state index contributed by atoms with van der Waals surface area (Å²) in [6.45, 7) is 10.5. The molecule has 0 spiro atoms. The Morgan fingerprint density at radius 1 is 1.04 bits per heavy atom. The molecule has 2 bridgehead atoms. The van der Waals surface area contributed by atoms with Gasteiger partial charge in [-0.1, -0.05) is 30.4 Å². The number of carbonyl (C=O) groups is 4. The van der Waals surface area contributed by atoms with E-state index in [4.69, 9.17) is 35.6 Å². The van der Waals surface area contributed by atoms with Crippen molar-refractivity contribution in [2.75, 3.05) is 20.8 Å². The zero-order valence-corrected chi connectivity index (χ0v) is 33.4. The van der Waals surface area contributed by atoms with Gasteiger partial charge < -0.3 is 34.0 Å². The lowest BCUT2D eigenvalue weighted by molar-refractivity contribution is -0.156. The maximum atomic E-state index is 13.8. The average Bonchev–Trinajstić information content (AvgIpc) is 3.85. The Kier molecular flexibility index (Phi) is 12.5. The smallest absolute Gasteiger partial charge is 0.408 e. The van der Waals surface area contributed by atoms with Crippen LogP contribution in [-0.4, -0.2) is 77.1 Å². The summed E-state index contributed by atoms with van der Waals surface area (Å²) in [7, 11) is 3.15. The van der Waals surface area contributed by atoms with Crippen molar-refractivity contribution in [1.82, 2.24) is 15.5 Å². The van der Waals surface area contributed by atoms with E-state index >= 15 is 0 Å². The zero-order valence-electron chi connectivity index (χ0n) is 31.8. The topological polar surface area (TPSA) is 146 Å². The molecular weight excluding hydrogens is 719 g/mol. The number of rotatable bonds is 13. The molecule has 2 N–H and O–H groups in total. The second-order valence-electron chi connectivity index (χ2n) is 15.7. The number of furan rings is 1. The molecule has 2 aromatic rings. The third-order valence-corrected chi connectivity index (χ3v) is 10.7. The fourth-order valence-electron chi connectivity index (χ4n) is 7.13. The fraction of sp³-hybridized carbons (Fsp3) is 0.564. The van der Waals surface area contributed by atoms with Crippen molar-refractivity contribution in [3.05, 3.63) is 40.5 Å². The molecule has 53 heavy (non-hydrogen) atoms. The number of alkyl carbamates (subject to hydrolysis) is 1. The van der Waals surface area contributed by atoms with E-state index in [0.29, 0.717) is 62.5 Å². The number of thiocarbonyl (C=S) groups is 1. The summed E-state index contributed by atoms with van der Waals surface area (Å²) in [4.78, 5) is 54.7. The molecule has 1 aromatic heterocycles. The van der Waals surface area contributed by atoms with Gasteiger partial charge in [-0.25, -0.2) is 4.79 Å². The number of nitrogens with zero attached hydrogens (tertiary/aromatic N) is 1. The highest BCUT2D eigenvalue weighted by molar-refractivity contribution is 8.26. The van der Waals surface area contributed by atoms with Gasteiger partial charge >= 0.3 is 12.1 Å². The molecule has 2 heterocycles. The van der Waals surface area contributed by atoms with Crippen molar-refractivity contribution in [1.29, 1.82) is 0 Å².